The molecular weight excluding hydrogens is 404 g/mol. The van der Waals surface area contributed by atoms with Gasteiger partial charge in [-0.3, -0.25) is 14.9 Å². The Labute approximate surface area is 185 Å². The van der Waals surface area contributed by atoms with E-state index in [1.165, 1.54) is 6.08 Å². The van der Waals surface area contributed by atoms with Crippen molar-refractivity contribution < 1.29 is 19.1 Å². The van der Waals surface area contributed by atoms with Crippen molar-refractivity contribution in [3.63, 3.8) is 0 Å². The van der Waals surface area contributed by atoms with Crippen LogP contribution in [0.25, 0.3) is 16.8 Å². The van der Waals surface area contributed by atoms with E-state index in [-0.39, 0.29) is 12.2 Å². The van der Waals surface area contributed by atoms with E-state index in [0.29, 0.717) is 17.0 Å². The van der Waals surface area contributed by atoms with Crippen LogP contribution in [0.4, 0.5) is 10.5 Å². The third-order valence-corrected chi connectivity index (χ3v) is 5.23. The van der Waals surface area contributed by atoms with Crippen LogP contribution >= 0.6 is 0 Å². The summed E-state index contributed by atoms with van der Waals surface area (Å²) in [4.78, 5) is 39.6. The molecule has 3 aromatic carbocycles. The highest BCUT2D eigenvalue weighted by atomic mass is 16.5. The maximum atomic E-state index is 13.4. The summed E-state index contributed by atoms with van der Waals surface area (Å²) in [5.41, 5.74) is 2.51. The third-order valence-electron chi connectivity index (χ3n) is 5.23. The lowest BCUT2D eigenvalue weighted by atomic mass is 9.99. The Kier molecular flexibility index (Phi) is 5.48. The summed E-state index contributed by atoms with van der Waals surface area (Å²) >= 11 is 0. The molecule has 1 saturated heterocycles. The minimum atomic E-state index is -0.786. The molecule has 1 N–H and O–H groups in total. The highest BCUT2D eigenvalue weighted by Gasteiger charge is 2.37. The van der Waals surface area contributed by atoms with Crippen LogP contribution in [-0.4, -0.2) is 24.5 Å². The van der Waals surface area contributed by atoms with E-state index in [1.54, 1.807) is 25.1 Å². The molecule has 1 heterocycles. The number of imide groups is 2. The second kappa shape index (κ2) is 8.40. The second-order valence-electron chi connectivity index (χ2n) is 7.44. The van der Waals surface area contributed by atoms with Gasteiger partial charge in [-0.15, -0.1) is 6.42 Å². The number of amides is 4. The summed E-state index contributed by atoms with van der Waals surface area (Å²) in [6, 6.07) is 15.7. The fraction of sp³-hybridized carbons (Fsp3) is 0.115. The number of hydrogen-bond acceptors (Lipinski definition) is 4. The highest BCUT2D eigenvalue weighted by molar-refractivity contribution is 6.39. The summed E-state index contributed by atoms with van der Waals surface area (Å²) in [6.45, 7) is 3.75. The molecule has 6 nitrogen and oxygen atoms in total. The lowest BCUT2D eigenvalue weighted by Gasteiger charge is -2.28. The van der Waals surface area contributed by atoms with Gasteiger partial charge in [-0.1, -0.05) is 53.9 Å². The number of anilines is 1. The average molecular weight is 424 g/mol. The van der Waals surface area contributed by atoms with Gasteiger partial charge in [-0.05, 0) is 48.4 Å². The summed E-state index contributed by atoms with van der Waals surface area (Å²) in [5, 5.41) is 3.95. The molecule has 0 saturated carbocycles. The first-order valence-electron chi connectivity index (χ1n) is 9.97. The van der Waals surface area contributed by atoms with Gasteiger partial charge >= 0.3 is 6.03 Å². The third kappa shape index (κ3) is 3.72. The van der Waals surface area contributed by atoms with Crippen LogP contribution in [-0.2, 0) is 9.59 Å². The number of rotatable bonds is 4. The number of barbiturate groups is 1. The van der Waals surface area contributed by atoms with Crippen molar-refractivity contribution in [1.29, 1.82) is 0 Å². The zero-order chi connectivity index (χ0) is 22.8. The Bertz CT molecular complexity index is 1350. The Hall–Kier alpha value is -4.37. The standard InChI is InChI=1S/C26H20N2O4/c1-4-13-32-23-12-10-18-7-5-6-8-19(18)20(23)15-21-24(29)27-26(31)28(25(21)30)22-11-9-16(2)14-17(22)3/h1,5-12,14-15H,13H2,2-3H3,(H,27,29,31)/b21-15+. The molecule has 1 fully saturated rings. The second-order valence-corrected chi connectivity index (χ2v) is 7.44. The fourth-order valence-corrected chi connectivity index (χ4v) is 3.75. The van der Waals surface area contributed by atoms with Gasteiger partial charge in [0.15, 0.2) is 0 Å². The molecule has 0 bridgehead atoms. The first kappa shape index (κ1) is 20.9. The predicted octanol–water partition coefficient (Wildman–Crippen LogP) is 4.14. The van der Waals surface area contributed by atoms with E-state index >= 15 is 0 Å². The SMILES string of the molecule is C#CCOc1ccc2ccccc2c1/C=C1\C(=O)NC(=O)N(c2ccc(C)cc2C)C1=O. The largest absolute Gasteiger partial charge is 0.480 e. The molecule has 0 spiro atoms. The first-order chi connectivity index (χ1) is 15.4. The Morgan fingerprint density at radius 3 is 2.59 bits per heavy atom. The molecular formula is C26H20N2O4. The van der Waals surface area contributed by atoms with E-state index in [4.69, 9.17) is 11.2 Å². The molecule has 3 aromatic rings. The smallest absolute Gasteiger partial charge is 0.335 e. The number of ether oxygens (including phenoxy) is 1. The molecule has 32 heavy (non-hydrogen) atoms. The molecule has 1 aliphatic heterocycles. The van der Waals surface area contributed by atoms with Crippen molar-refractivity contribution in [2.45, 2.75) is 13.8 Å². The van der Waals surface area contributed by atoms with E-state index in [9.17, 15) is 14.4 Å². The maximum absolute atomic E-state index is 13.4. The number of nitrogens with one attached hydrogen (secondary N) is 1. The monoisotopic (exact) mass is 424 g/mol. The van der Waals surface area contributed by atoms with Crippen molar-refractivity contribution in [2.75, 3.05) is 11.5 Å². The van der Waals surface area contributed by atoms with Crippen LogP contribution < -0.4 is 15.0 Å². The van der Waals surface area contributed by atoms with E-state index in [1.807, 2.05) is 43.3 Å². The number of carbonyl (C=O) groups is 3. The Balaban J connectivity index is 1.87. The minimum Gasteiger partial charge on any atom is -0.480 e. The van der Waals surface area contributed by atoms with Crippen LogP contribution in [0.1, 0.15) is 16.7 Å². The minimum absolute atomic E-state index is 0.0296. The molecule has 0 unspecified atom stereocenters. The quantitative estimate of drug-likeness (QED) is 0.388. The van der Waals surface area contributed by atoms with Crippen LogP contribution in [0.15, 0.2) is 60.2 Å². The topological polar surface area (TPSA) is 75.7 Å². The van der Waals surface area contributed by atoms with Gasteiger partial charge in [0, 0.05) is 5.56 Å². The Morgan fingerprint density at radius 2 is 1.84 bits per heavy atom. The van der Waals surface area contributed by atoms with Gasteiger partial charge in [-0.2, -0.15) is 0 Å². The molecule has 1 aliphatic rings. The molecule has 6 heteroatoms. The normalized spacial score (nSPS) is 15.1. The van der Waals surface area contributed by atoms with Crippen LogP contribution in [0, 0.1) is 26.2 Å². The number of benzene rings is 3. The molecule has 0 aromatic heterocycles. The lowest BCUT2D eigenvalue weighted by molar-refractivity contribution is -0.122. The zero-order valence-electron chi connectivity index (χ0n) is 17.6. The van der Waals surface area contributed by atoms with Gasteiger partial charge in [0.1, 0.15) is 17.9 Å². The van der Waals surface area contributed by atoms with Crippen LogP contribution in [0.2, 0.25) is 0 Å². The number of aryl methyl sites for hydroxylation is 2. The van der Waals surface area contributed by atoms with Gasteiger partial charge in [0.25, 0.3) is 11.8 Å². The number of urea groups is 1. The van der Waals surface area contributed by atoms with Gasteiger partial charge < -0.3 is 4.74 Å². The van der Waals surface area contributed by atoms with Crippen molar-refractivity contribution in [3.8, 4) is 18.1 Å². The van der Waals surface area contributed by atoms with Crippen LogP contribution in [0.5, 0.6) is 5.75 Å². The zero-order valence-corrected chi connectivity index (χ0v) is 17.6. The number of terminal acetylenes is 1. The number of hydrogen-bond donors (Lipinski definition) is 1. The summed E-state index contributed by atoms with van der Waals surface area (Å²) in [5.74, 6) is 1.38. The number of fused-ring (bicyclic) bond motifs is 1. The van der Waals surface area contributed by atoms with Crippen molar-refractivity contribution in [1.82, 2.24) is 5.32 Å². The maximum Gasteiger partial charge on any atom is 0.335 e. The first-order valence-corrected chi connectivity index (χ1v) is 9.97. The van der Waals surface area contributed by atoms with E-state index < -0.39 is 17.8 Å². The fourth-order valence-electron chi connectivity index (χ4n) is 3.75. The van der Waals surface area contributed by atoms with E-state index in [2.05, 4.69) is 11.2 Å². The van der Waals surface area contributed by atoms with Gasteiger partial charge in [-0.25, -0.2) is 9.69 Å². The summed E-state index contributed by atoms with van der Waals surface area (Å²) in [7, 11) is 0. The van der Waals surface area contributed by atoms with Gasteiger partial charge in [0.2, 0.25) is 0 Å². The average Bonchev–Trinajstić information content (AvgIpc) is 2.76. The Morgan fingerprint density at radius 1 is 1.06 bits per heavy atom. The molecule has 0 radical (unpaired) electrons. The predicted molar refractivity (Wildman–Crippen MR) is 123 cm³/mol. The summed E-state index contributed by atoms with van der Waals surface area (Å²) in [6.07, 6.45) is 6.79. The van der Waals surface area contributed by atoms with E-state index in [0.717, 1.165) is 26.8 Å². The lowest BCUT2D eigenvalue weighted by Crippen LogP contribution is -2.54. The molecule has 158 valence electrons. The highest BCUT2D eigenvalue weighted by Crippen LogP contribution is 2.32. The molecule has 0 aliphatic carbocycles. The van der Waals surface area contributed by atoms with Gasteiger partial charge in [0.05, 0.1) is 5.69 Å². The van der Waals surface area contributed by atoms with Crippen molar-refractivity contribution in [2.24, 2.45) is 0 Å². The number of carbonyl (C=O) groups excluding carboxylic acids is 3. The van der Waals surface area contributed by atoms with Crippen molar-refractivity contribution >= 4 is 40.4 Å². The summed E-state index contributed by atoms with van der Waals surface area (Å²) < 4.78 is 5.67. The number of nitrogens with zero attached hydrogens (tertiary/aromatic N) is 1. The molecule has 4 rings (SSSR count). The van der Waals surface area contributed by atoms with Crippen molar-refractivity contribution in [3.05, 3.63) is 76.9 Å². The molecule has 4 amide bonds. The van der Waals surface area contributed by atoms with Crippen LogP contribution in [0.3, 0.4) is 0 Å². The molecule has 0 atom stereocenters.